The van der Waals surface area contributed by atoms with Crippen LogP contribution in [0.15, 0.2) is 12.7 Å². The predicted molar refractivity (Wildman–Crippen MR) is 68.7 cm³/mol. The third-order valence-corrected chi connectivity index (χ3v) is 3.17. The minimum atomic E-state index is 0.812. The number of hydrogen-bond donors (Lipinski definition) is 1. The van der Waals surface area contributed by atoms with Gasteiger partial charge in [0.25, 0.3) is 0 Å². The molecule has 0 saturated carbocycles. The molecule has 16 heavy (non-hydrogen) atoms. The van der Waals surface area contributed by atoms with Crippen molar-refractivity contribution in [3.8, 4) is 0 Å². The van der Waals surface area contributed by atoms with Crippen molar-refractivity contribution in [3.05, 3.63) is 12.7 Å². The van der Waals surface area contributed by atoms with Crippen molar-refractivity contribution in [1.82, 2.24) is 10.2 Å². The monoisotopic (exact) mass is 226 g/mol. The maximum atomic E-state index is 5.02. The lowest BCUT2D eigenvalue weighted by molar-refractivity contribution is 0.167. The van der Waals surface area contributed by atoms with Gasteiger partial charge in [0.15, 0.2) is 0 Å². The molecule has 0 radical (unpaired) electrons. The molecule has 1 aliphatic rings. The Labute approximate surface area is 99.8 Å². The average Bonchev–Trinajstić information content (AvgIpc) is 2.33. The molecule has 1 N–H and O–H groups in total. The molecular weight excluding hydrogens is 200 g/mol. The van der Waals surface area contributed by atoms with Crippen molar-refractivity contribution in [1.29, 1.82) is 0 Å². The van der Waals surface area contributed by atoms with Crippen LogP contribution in [0.3, 0.4) is 0 Å². The minimum Gasteiger partial charge on any atom is -0.383 e. The van der Waals surface area contributed by atoms with Crippen LogP contribution in [0.5, 0.6) is 0 Å². The molecule has 94 valence electrons. The van der Waals surface area contributed by atoms with Gasteiger partial charge in [-0.3, -0.25) is 0 Å². The Balaban J connectivity index is 2.09. The second kappa shape index (κ2) is 8.74. The Morgan fingerprint density at radius 1 is 1.56 bits per heavy atom. The molecule has 1 unspecified atom stereocenters. The molecular formula is C13H26N2O. The highest BCUT2D eigenvalue weighted by molar-refractivity contribution is 4.77. The fraction of sp³-hybridized carbons (Fsp3) is 0.846. The Kier molecular flexibility index (Phi) is 7.47. The average molecular weight is 226 g/mol. The van der Waals surface area contributed by atoms with Crippen LogP contribution in [0.1, 0.15) is 19.3 Å². The lowest BCUT2D eigenvalue weighted by atomic mass is 9.98. The Morgan fingerprint density at radius 2 is 2.44 bits per heavy atom. The topological polar surface area (TPSA) is 24.5 Å². The molecule has 3 nitrogen and oxygen atoms in total. The number of methoxy groups -OCH3 is 1. The van der Waals surface area contributed by atoms with Gasteiger partial charge >= 0.3 is 0 Å². The first kappa shape index (κ1) is 13.7. The first-order valence-electron chi connectivity index (χ1n) is 6.39. The number of rotatable bonds is 8. The van der Waals surface area contributed by atoms with Crippen molar-refractivity contribution in [2.45, 2.75) is 19.3 Å². The summed E-state index contributed by atoms with van der Waals surface area (Å²) in [5.74, 6) is 0.815. The van der Waals surface area contributed by atoms with E-state index in [-0.39, 0.29) is 0 Å². The maximum Gasteiger partial charge on any atom is 0.0587 e. The molecule has 3 heteroatoms. The van der Waals surface area contributed by atoms with Gasteiger partial charge in [-0.2, -0.15) is 0 Å². The van der Waals surface area contributed by atoms with E-state index in [0.29, 0.717) is 0 Å². The number of nitrogens with zero attached hydrogens (tertiary/aromatic N) is 1. The van der Waals surface area contributed by atoms with E-state index in [0.717, 1.165) is 32.0 Å². The van der Waals surface area contributed by atoms with E-state index < -0.39 is 0 Å². The molecule has 1 fully saturated rings. The van der Waals surface area contributed by atoms with E-state index in [9.17, 15) is 0 Å². The zero-order valence-electron chi connectivity index (χ0n) is 10.6. The fourth-order valence-corrected chi connectivity index (χ4v) is 2.28. The molecule has 1 atom stereocenters. The van der Waals surface area contributed by atoms with Gasteiger partial charge in [-0.1, -0.05) is 6.08 Å². The van der Waals surface area contributed by atoms with E-state index >= 15 is 0 Å². The molecule has 0 aromatic rings. The molecule has 1 saturated heterocycles. The number of hydrogen-bond acceptors (Lipinski definition) is 3. The summed E-state index contributed by atoms with van der Waals surface area (Å²) in [6, 6.07) is 0. The van der Waals surface area contributed by atoms with Crippen molar-refractivity contribution in [2.75, 3.05) is 46.4 Å². The standard InChI is InChI=1S/C13H26N2O/c1-3-4-8-15-9-5-6-13(12-15)11-14-7-10-16-2/h3,13-14H,1,4-12H2,2H3. The van der Waals surface area contributed by atoms with Crippen LogP contribution < -0.4 is 5.32 Å². The van der Waals surface area contributed by atoms with Gasteiger partial charge < -0.3 is 15.0 Å². The molecule has 1 heterocycles. The van der Waals surface area contributed by atoms with Gasteiger partial charge in [0.1, 0.15) is 0 Å². The molecule has 0 amide bonds. The second-order valence-corrected chi connectivity index (χ2v) is 4.58. The normalized spacial score (nSPS) is 22.2. The summed E-state index contributed by atoms with van der Waals surface area (Å²) in [5.41, 5.74) is 0. The van der Waals surface area contributed by atoms with Crippen molar-refractivity contribution < 1.29 is 4.74 Å². The fourth-order valence-electron chi connectivity index (χ4n) is 2.28. The van der Waals surface area contributed by atoms with Gasteiger partial charge in [0.2, 0.25) is 0 Å². The van der Waals surface area contributed by atoms with E-state index in [1.54, 1.807) is 7.11 Å². The van der Waals surface area contributed by atoms with Crippen LogP contribution in [0.4, 0.5) is 0 Å². The zero-order chi connectivity index (χ0) is 11.6. The van der Waals surface area contributed by atoms with Crippen molar-refractivity contribution in [3.63, 3.8) is 0 Å². The van der Waals surface area contributed by atoms with Gasteiger partial charge in [-0.15, -0.1) is 6.58 Å². The smallest absolute Gasteiger partial charge is 0.0587 e. The summed E-state index contributed by atoms with van der Waals surface area (Å²) in [6.45, 7) is 10.4. The van der Waals surface area contributed by atoms with Crippen LogP contribution in [0.25, 0.3) is 0 Å². The highest BCUT2D eigenvalue weighted by Gasteiger charge is 2.18. The summed E-state index contributed by atoms with van der Waals surface area (Å²) in [7, 11) is 1.75. The lowest BCUT2D eigenvalue weighted by Crippen LogP contribution is -2.40. The Hall–Kier alpha value is -0.380. The highest BCUT2D eigenvalue weighted by Crippen LogP contribution is 2.15. The summed E-state index contributed by atoms with van der Waals surface area (Å²) < 4.78 is 5.02. The summed E-state index contributed by atoms with van der Waals surface area (Å²) in [6.07, 6.45) is 5.84. The lowest BCUT2D eigenvalue weighted by Gasteiger charge is -2.32. The van der Waals surface area contributed by atoms with E-state index in [1.165, 1.54) is 32.5 Å². The molecule has 1 aliphatic heterocycles. The summed E-state index contributed by atoms with van der Waals surface area (Å²) in [4.78, 5) is 2.56. The number of nitrogens with one attached hydrogen (secondary N) is 1. The second-order valence-electron chi connectivity index (χ2n) is 4.58. The van der Waals surface area contributed by atoms with Crippen molar-refractivity contribution in [2.24, 2.45) is 5.92 Å². The quantitative estimate of drug-likeness (QED) is 0.501. The van der Waals surface area contributed by atoms with E-state index in [1.807, 2.05) is 6.08 Å². The third kappa shape index (κ3) is 5.64. The molecule has 0 spiro atoms. The maximum absolute atomic E-state index is 5.02. The minimum absolute atomic E-state index is 0.812. The van der Waals surface area contributed by atoms with Crippen LogP contribution in [0.2, 0.25) is 0 Å². The molecule has 0 aromatic heterocycles. The summed E-state index contributed by atoms with van der Waals surface area (Å²) in [5, 5.41) is 3.46. The van der Waals surface area contributed by atoms with E-state index in [4.69, 9.17) is 4.74 Å². The molecule has 0 bridgehead atoms. The first-order chi connectivity index (χ1) is 7.86. The van der Waals surface area contributed by atoms with Gasteiger partial charge in [0.05, 0.1) is 6.61 Å². The Bertz CT molecular complexity index is 185. The highest BCUT2D eigenvalue weighted by atomic mass is 16.5. The SMILES string of the molecule is C=CCCN1CCCC(CNCCOC)C1. The van der Waals surface area contributed by atoms with Gasteiger partial charge in [0, 0.05) is 26.7 Å². The van der Waals surface area contributed by atoms with Crippen LogP contribution in [-0.4, -0.2) is 51.3 Å². The van der Waals surface area contributed by atoms with Crippen LogP contribution in [0, 0.1) is 5.92 Å². The van der Waals surface area contributed by atoms with E-state index in [2.05, 4.69) is 16.8 Å². The first-order valence-corrected chi connectivity index (χ1v) is 6.39. The van der Waals surface area contributed by atoms with Gasteiger partial charge in [-0.05, 0) is 38.3 Å². The van der Waals surface area contributed by atoms with Gasteiger partial charge in [-0.25, -0.2) is 0 Å². The predicted octanol–water partition coefficient (Wildman–Crippen LogP) is 1.51. The zero-order valence-corrected chi connectivity index (χ0v) is 10.6. The third-order valence-electron chi connectivity index (χ3n) is 3.17. The Morgan fingerprint density at radius 3 is 3.19 bits per heavy atom. The molecule has 1 rings (SSSR count). The molecule has 0 aliphatic carbocycles. The van der Waals surface area contributed by atoms with Crippen LogP contribution >= 0.6 is 0 Å². The summed E-state index contributed by atoms with van der Waals surface area (Å²) >= 11 is 0. The van der Waals surface area contributed by atoms with Crippen LogP contribution in [-0.2, 0) is 4.74 Å². The molecule has 0 aromatic carbocycles. The van der Waals surface area contributed by atoms with Crippen molar-refractivity contribution >= 4 is 0 Å². The number of likely N-dealkylation sites (tertiary alicyclic amines) is 1. The number of ether oxygens (including phenoxy) is 1. The number of piperidine rings is 1. The largest absolute Gasteiger partial charge is 0.383 e.